The van der Waals surface area contributed by atoms with Gasteiger partial charge in [0.05, 0.1) is 8.07 Å². The molecule has 0 bridgehead atoms. The van der Waals surface area contributed by atoms with Gasteiger partial charge in [0.15, 0.2) is 0 Å². The lowest BCUT2D eigenvalue weighted by Crippen LogP contribution is -2.38. The van der Waals surface area contributed by atoms with Crippen molar-refractivity contribution >= 4 is 13.3 Å². The van der Waals surface area contributed by atoms with Crippen molar-refractivity contribution in [1.82, 2.24) is 0 Å². The van der Waals surface area contributed by atoms with Crippen LogP contribution in [-0.4, -0.2) is 8.07 Å². The van der Waals surface area contributed by atoms with Gasteiger partial charge in [0.2, 0.25) is 0 Å². The number of rotatable bonds is 4. The molecule has 1 nitrogen and oxygen atoms in total. The quantitative estimate of drug-likeness (QED) is 0.739. The number of hydrogen-bond donors (Lipinski definition) is 0. The highest BCUT2D eigenvalue weighted by atomic mass is 28.3. The standard InChI is InChI=1S/C16H22OSi/c1-5-9-14-16(18(2,3)4)12-15(17-14)13-10-7-6-8-11-13/h6-8,10-12H,5,9H2,1-4H3. The molecule has 2 heteroatoms. The molecule has 1 heterocycles. The van der Waals surface area contributed by atoms with Gasteiger partial charge in [-0.1, -0.05) is 56.9 Å². The molecule has 0 aliphatic heterocycles. The third-order valence-corrected chi connectivity index (χ3v) is 5.19. The summed E-state index contributed by atoms with van der Waals surface area (Å²) in [4.78, 5) is 0. The summed E-state index contributed by atoms with van der Waals surface area (Å²) < 4.78 is 6.10. The molecule has 1 aromatic heterocycles. The number of hydrogen-bond acceptors (Lipinski definition) is 1. The highest BCUT2D eigenvalue weighted by Crippen LogP contribution is 2.23. The highest BCUT2D eigenvalue weighted by molar-refractivity contribution is 6.89. The van der Waals surface area contributed by atoms with E-state index in [1.165, 1.54) is 16.5 Å². The molecule has 0 aliphatic rings. The van der Waals surface area contributed by atoms with Crippen LogP contribution in [0.4, 0.5) is 0 Å². The van der Waals surface area contributed by atoms with Crippen molar-refractivity contribution in [1.29, 1.82) is 0 Å². The Hall–Kier alpha value is -1.28. The Morgan fingerprint density at radius 1 is 1.06 bits per heavy atom. The van der Waals surface area contributed by atoms with Gasteiger partial charge in [0, 0.05) is 12.0 Å². The smallest absolute Gasteiger partial charge is 0.134 e. The lowest BCUT2D eigenvalue weighted by Gasteiger charge is -2.15. The Morgan fingerprint density at radius 3 is 2.28 bits per heavy atom. The van der Waals surface area contributed by atoms with Crippen LogP contribution in [-0.2, 0) is 6.42 Å². The van der Waals surface area contributed by atoms with Gasteiger partial charge in [-0.25, -0.2) is 0 Å². The largest absolute Gasteiger partial charge is 0.461 e. The van der Waals surface area contributed by atoms with Crippen LogP contribution in [0.3, 0.4) is 0 Å². The van der Waals surface area contributed by atoms with E-state index >= 15 is 0 Å². The Labute approximate surface area is 111 Å². The minimum Gasteiger partial charge on any atom is -0.461 e. The lowest BCUT2D eigenvalue weighted by atomic mass is 10.2. The Morgan fingerprint density at radius 2 is 1.72 bits per heavy atom. The topological polar surface area (TPSA) is 13.1 Å². The first-order valence-corrected chi connectivity index (χ1v) is 10.2. The Kier molecular flexibility index (Phi) is 3.76. The molecule has 0 radical (unpaired) electrons. The molecule has 0 atom stereocenters. The van der Waals surface area contributed by atoms with Crippen molar-refractivity contribution in [3.63, 3.8) is 0 Å². The predicted molar refractivity (Wildman–Crippen MR) is 81.1 cm³/mol. The molecule has 96 valence electrons. The molecule has 0 aliphatic carbocycles. The van der Waals surface area contributed by atoms with Gasteiger partial charge in [0.25, 0.3) is 0 Å². The zero-order valence-electron chi connectivity index (χ0n) is 11.8. The predicted octanol–water partition coefficient (Wildman–Crippen LogP) is 4.44. The van der Waals surface area contributed by atoms with Gasteiger partial charge < -0.3 is 4.42 Å². The second-order valence-corrected chi connectivity index (χ2v) is 10.9. The molecule has 0 amide bonds. The fourth-order valence-corrected chi connectivity index (χ4v) is 3.80. The molecule has 1 aromatic carbocycles. The van der Waals surface area contributed by atoms with Crippen LogP contribution in [0.15, 0.2) is 40.8 Å². The maximum Gasteiger partial charge on any atom is 0.134 e. The van der Waals surface area contributed by atoms with Gasteiger partial charge in [-0.3, -0.25) is 0 Å². The van der Waals surface area contributed by atoms with E-state index < -0.39 is 8.07 Å². The Balaban J connectivity index is 2.46. The summed E-state index contributed by atoms with van der Waals surface area (Å²) in [5.74, 6) is 2.23. The summed E-state index contributed by atoms with van der Waals surface area (Å²) in [6, 6.07) is 12.7. The highest BCUT2D eigenvalue weighted by Gasteiger charge is 2.24. The van der Waals surface area contributed by atoms with E-state index in [0.29, 0.717) is 0 Å². The van der Waals surface area contributed by atoms with Crippen LogP contribution in [0, 0.1) is 0 Å². The molecular formula is C16H22OSi. The van der Waals surface area contributed by atoms with Crippen LogP contribution in [0.5, 0.6) is 0 Å². The minimum atomic E-state index is -1.32. The van der Waals surface area contributed by atoms with Gasteiger partial charge in [-0.2, -0.15) is 0 Å². The third kappa shape index (κ3) is 2.75. The summed E-state index contributed by atoms with van der Waals surface area (Å²) in [7, 11) is -1.32. The molecular weight excluding hydrogens is 236 g/mol. The summed E-state index contributed by atoms with van der Waals surface area (Å²) >= 11 is 0. The van der Waals surface area contributed by atoms with Crippen LogP contribution in [0.25, 0.3) is 11.3 Å². The van der Waals surface area contributed by atoms with Crippen LogP contribution < -0.4 is 5.19 Å². The average Bonchev–Trinajstić information content (AvgIpc) is 2.75. The van der Waals surface area contributed by atoms with Gasteiger partial charge in [-0.05, 0) is 17.7 Å². The number of aryl methyl sites for hydroxylation is 1. The molecule has 0 N–H and O–H groups in total. The minimum absolute atomic E-state index is 1.02. The Bertz CT molecular complexity index is 506. The second-order valence-electron chi connectivity index (χ2n) is 5.81. The number of furan rings is 1. The van der Waals surface area contributed by atoms with E-state index in [2.05, 4.69) is 56.9 Å². The van der Waals surface area contributed by atoms with Crippen LogP contribution >= 0.6 is 0 Å². The fourth-order valence-electron chi connectivity index (χ4n) is 2.22. The van der Waals surface area contributed by atoms with Crippen LogP contribution in [0.2, 0.25) is 19.6 Å². The zero-order valence-corrected chi connectivity index (χ0v) is 12.8. The summed E-state index contributed by atoms with van der Waals surface area (Å²) in [5, 5.41) is 1.48. The first kappa shape index (κ1) is 13.2. The van der Waals surface area contributed by atoms with E-state index in [9.17, 15) is 0 Å². The van der Waals surface area contributed by atoms with E-state index in [0.717, 1.165) is 18.6 Å². The summed E-state index contributed by atoms with van der Waals surface area (Å²) in [5.41, 5.74) is 1.18. The van der Waals surface area contributed by atoms with Crippen molar-refractivity contribution in [3.8, 4) is 11.3 Å². The summed E-state index contributed by atoms with van der Waals surface area (Å²) in [6.07, 6.45) is 2.19. The molecule has 0 saturated heterocycles. The van der Waals surface area contributed by atoms with E-state index in [1.54, 1.807) is 0 Å². The van der Waals surface area contributed by atoms with E-state index in [4.69, 9.17) is 4.42 Å². The first-order chi connectivity index (χ1) is 8.52. The van der Waals surface area contributed by atoms with Crippen molar-refractivity contribution in [2.75, 3.05) is 0 Å². The zero-order chi connectivity index (χ0) is 13.2. The summed E-state index contributed by atoms with van der Waals surface area (Å²) in [6.45, 7) is 9.35. The third-order valence-electron chi connectivity index (χ3n) is 3.15. The molecule has 0 saturated carbocycles. The fraction of sp³-hybridized carbons (Fsp3) is 0.375. The molecule has 18 heavy (non-hydrogen) atoms. The maximum absolute atomic E-state index is 6.10. The van der Waals surface area contributed by atoms with Gasteiger partial charge >= 0.3 is 0 Å². The normalized spacial score (nSPS) is 11.8. The average molecular weight is 258 g/mol. The van der Waals surface area contributed by atoms with E-state index in [-0.39, 0.29) is 0 Å². The molecule has 2 rings (SSSR count). The van der Waals surface area contributed by atoms with Crippen molar-refractivity contribution in [2.45, 2.75) is 39.4 Å². The van der Waals surface area contributed by atoms with Crippen molar-refractivity contribution in [3.05, 3.63) is 42.2 Å². The molecule has 2 aromatic rings. The monoisotopic (exact) mass is 258 g/mol. The maximum atomic E-state index is 6.10. The SMILES string of the molecule is CCCc1oc(-c2ccccc2)cc1[Si](C)(C)C. The van der Waals surface area contributed by atoms with Crippen molar-refractivity contribution < 1.29 is 4.42 Å². The molecule has 0 fully saturated rings. The molecule has 0 unspecified atom stereocenters. The van der Waals surface area contributed by atoms with Gasteiger partial charge in [-0.15, -0.1) is 0 Å². The van der Waals surface area contributed by atoms with Gasteiger partial charge in [0.1, 0.15) is 11.5 Å². The lowest BCUT2D eigenvalue weighted by molar-refractivity contribution is 0.521. The van der Waals surface area contributed by atoms with E-state index in [1.807, 2.05) is 6.07 Å². The second kappa shape index (κ2) is 5.15. The first-order valence-electron chi connectivity index (χ1n) is 6.71. The van der Waals surface area contributed by atoms with Crippen LogP contribution in [0.1, 0.15) is 19.1 Å². The molecule has 0 spiro atoms. The van der Waals surface area contributed by atoms with Crippen molar-refractivity contribution in [2.24, 2.45) is 0 Å². The number of benzene rings is 1.